The van der Waals surface area contributed by atoms with Gasteiger partial charge in [-0.2, -0.15) is 0 Å². The molecule has 0 aliphatic rings. The second-order valence-corrected chi connectivity index (χ2v) is 12.4. The van der Waals surface area contributed by atoms with E-state index < -0.39 is 12.1 Å². The van der Waals surface area contributed by atoms with Crippen molar-refractivity contribution in [1.82, 2.24) is 15.5 Å². The number of benzene rings is 5. The predicted octanol–water partition coefficient (Wildman–Crippen LogP) is 9.85. The zero-order valence-corrected chi connectivity index (χ0v) is 28.5. The van der Waals surface area contributed by atoms with Crippen molar-refractivity contribution in [3.8, 4) is 0 Å². The lowest BCUT2D eigenvalue weighted by molar-refractivity contribution is 0.192. The Hall–Kier alpha value is -5.20. The highest BCUT2D eigenvalue weighted by Gasteiger charge is 2.20. The fraction of sp³-hybridized carbons (Fsp3) is 0.238. The molecular formula is C42H48N4O2. The Labute approximate surface area is 286 Å². The predicted molar refractivity (Wildman–Crippen MR) is 198 cm³/mol. The second-order valence-electron chi connectivity index (χ2n) is 12.4. The highest BCUT2D eigenvalue weighted by molar-refractivity contribution is 6.01. The second kappa shape index (κ2) is 18.8. The summed E-state index contributed by atoms with van der Waals surface area (Å²) in [6.45, 7) is 11.0. The van der Waals surface area contributed by atoms with E-state index in [1.54, 1.807) is 4.90 Å². The first-order valence-electron chi connectivity index (χ1n) is 16.7. The molecular weight excluding hydrogens is 592 g/mol. The van der Waals surface area contributed by atoms with E-state index in [1.807, 2.05) is 91.0 Å². The average molecular weight is 641 g/mol. The van der Waals surface area contributed by atoms with Gasteiger partial charge in [-0.15, -0.1) is 0 Å². The Morgan fingerprint density at radius 2 is 0.896 bits per heavy atom. The van der Waals surface area contributed by atoms with Crippen LogP contribution in [0.5, 0.6) is 0 Å². The van der Waals surface area contributed by atoms with Gasteiger partial charge in [0.2, 0.25) is 0 Å². The zero-order valence-electron chi connectivity index (χ0n) is 28.5. The quantitative estimate of drug-likeness (QED) is 0.135. The minimum Gasteiger partial charge on any atom is -0.316 e. The van der Waals surface area contributed by atoms with Crippen LogP contribution in [0, 0.1) is 0 Å². The summed E-state index contributed by atoms with van der Waals surface area (Å²) >= 11 is 0. The molecule has 0 heterocycles. The molecule has 0 aliphatic carbocycles. The molecule has 0 aromatic heterocycles. The van der Waals surface area contributed by atoms with Gasteiger partial charge in [0.15, 0.2) is 0 Å². The van der Waals surface area contributed by atoms with Crippen LogP contribution >= 0.6 is 0 Å². The maximum absolute atomic E-state index is 13.1. The molecule has 5 rings (SSSR count). The van der Waals surface area contributed by atoms with Crippen molar-refractivity contribution < 1.29 is 9.59 Å². The van der Waals surface area contributed by atoms with Gasteiger partial charge in [-0.1, -0.05) is 167 Å². The molecule has 6 nitrogen and oxygen atoms in total. The van der Waals surface area contributed by atoms with E-state index in [9.17, 15) is 9.59 Å². The van der Waals surface area contributed by atoms with Crippen LogP contribution in [0.15, 0.2) is 140 Å². The van der Waals surface area contributed by atoms with E-state index >= 15 is 0 Å². The smallest absolute Gasteiger partial charge is 0.316 e. The summed E-state index contributed by atoms with van der Waals surface area (Å²) in [5.41, 5.74) is 7.53. The number of anilines is 1. The Kier molecular flexibility index (Phi) is 14.0. The number of hydrogen-bond donors (Lipinski definition) is 3. The fourth-order valence-corrected chi connectivity index (χ4v) is 5.37. The third kappa shape index (κ3) is 11.6. The fourth-order valence-electron chi connectivity index (χ4n) is 5.37. The molecule has 0 unspecified atom stereocenters. The highest BCUT2D eigenvalue weighted by atomic mass is 16.2. The van der Waals surface area contributed by atoms with Crippen LogP contribution in [0.2, 0.25) is 0 Å². The van der Waals surface area contributed by atoms with Gasteiger partial charge in [0.25, 0.3) is 0 Å². The Morgan fingerprint density at radius 3 is 1.27 bits per heavy atom. The van der Waals surface area contributed by atoms with Gasteiger partial charge in [0.1, 0.15) is 0 Å². The van der Waals surface area contributed by atoms with Crippen LogP contribution in [0.3, 0.4) is 0 Å². The van der Waals surface area contributed by atoms with Crippen LogP contribution in [0.25, 0.3) is 0 Å². The first kappa shape index (κ1) is 35.7. The number of nitrogens with one attached hydrogen (secondary N) is 3. The molecule has 48 heavy (non-hydrogen) atoms. The van der Waals surface area contributed by atoms with E-state index in [4.69, 9.17) is 0 Å². The molecule has 5 aromatic carbocycles. The van der Waals surface area contributed by atoms with E-state index in [0.717, 1.165) is 41.0 Å². The number of para-hydroxylation sites is 1. The van der Waals surface area contributed by atoms with Gasteiger partial charge >= 0.3 is 12.1 Å². The topological polar surface area (TPSA) is 73.5 Å². The molecule has 3 N–H and O–H groups in total. The molecule has 0 fully saturated rings. The minimum atomic E-state index is -0.527. The highest BCUT2D eigenvalue weighted by Crippen LogP contribution is 2.32. The maximum atomic E-state index is 13.1. The third-order valence-corrected chi connectivity index (χ3v) is 7.90. The summed E-state index contributed by atoms with van der Waals surface area (Å²) in [6, 6.07) is 45.5. The molecule has 0 saturated heterocycles. The largest absolute Gasteiger partial charge is 0.327 e. The molecule has 0 bridgehead atoms. The van der Waals surface area contributed by atoms with E-state index in [-0.39, 0.29) is 11.8 Å². The molecule has 5 aromatic rings. The van der Waals surface area contributed by atoms with Gasteiger partial charge in [0, 0.05) is 31.9 Å². The van der Waals surface area contributed by atoms with Crippen molar-refractivity contribution in [2.24, 2.45) is 0 Å². The Morgan fingerprint density at radius 1 is 0.521 bits per heavy atom. The van der Waals surface area contributed by atoms with E-state index in [2.05, 4.69) is 92.2 Å². The molecule has 0 aliphatic heterocycles. The summed E-state index contributed by atoms with van der Waals surface area (Å²) < 4.78 is 0. The van der Waals surface area contributed by atoms with Crippen LogP contribution in [-0.4, -0.2) is 17.0 Å². The number of hydrogen-bond acceptors (Lipinski definition) is 3. The lowest BCUT2D eigenvalue weighted by Gasteiger charge is -2.24. The first-order chi connectivity index (χ1) is 23.3. The normalized spacial score (nSPS) is 10.6. The summed E-state index contributed by atoms with van der Waals surface area (Å²) in [5, 5.41) is 8.91. The number of imide groups is 1. The number of carbonyl (C=O) groups is 2. The van der Waals surface area contributed by atoms with Gasteiger partial charge in [-0.25, -0.2) is 9.59 Å². The standard InChI is InChI=1S/C28H33N3O2.C14H15N/c1-20(2)24-16-11-17-25(21(3)4)26(24)29-27(32)30-28(33)31(18-22-12-7-5-8-13-22)19-23-14-9-6-10-15-23;1-3-7-13(8-4-1)11-15-12-14-9-5-2-6-10-14/h5-17,20-21H,18-19H2,1-4H3,(H2,29,30,32,33);1-10,15H,11-12H2. The molecule has 248 valence electrons. The molecule has 4 amide bonds. The number of urea groups is 2. The third-order valence-electron chi connectivity index (χ3n) is 7.90. The summed E-state index contributed by atoms with van der Waals surface area (Å²) in [4.78, 5) is 27.7. The molecule has 0 radical (unpaired) electrons. The number of amides is 4. The van der Waals surface area contributed by atoms with Crippen LogP contribution < -0.4 is 16.0 Å². The lowest BCUT2D eigenvalue weighted by Crippen LogP contribution is -2.44. The molecule has 0 spiro atoms. The zero-order chi connectivity index (χ0) is 34.1. The number of carbonyl (C=O) groups excluding carboxylic acids is 2. The Balaban J connectivity index is 0.000000287. The summed E-state index contributed by atoms with van der Waals surface area (Å²) in [6.07, 6.45) is 0. The summed E-state index contributed by atoms with van der Waals surface area (Å²) in [7, 11) is 0. The van der Waals surface area contributed by atoms with Crippen molar-refractivity contribution >= 4 is 17.7 Å². The monoisotopic (exact) mass is 640 g/mol. The Bertz CT molecular complexity index is 1570. The van der Waals surface area contributed by atoms with Crippen molar-refractivity contribution in [1.29, 1.82) is 0 Å². The SMILES string of the molecule is CC(C)c1cccc(C(C)C)c1NC(=O)NC(=O)N(Cc1ccccc1)Cc1ccccc1.c1ccc(CNCc2ccccc2)cc1. The van der Waals surface area contributed by atoms with Crippen molar-refractivity contribution in [3.63, 3.8) is 0 Å². The summed E-state index contributed by atoms with van der Waals surface area (Å²) in [5.74, 6) is 0.477. The van der Waals surface area contributed by atoms with Crippen LogP contribution in [0.1, 0.15) is 72.9 Å². The van der Waals surface area contributed by atoms with Crippen LogP contribution in [0.4, 0.5) is 15.3 Å². The maximum Gasteiger partial charge on any atom is 0.327 e. The average Bonchev–Trinajstić information content (AvgIpc) is 3.10. The van der Waals surface area contributed by atoms with E-state index in [0.29, 0.717) is 13.1 Å². The molecule has 0 saturated carbocycles. The molecule has 0 atom stereocenters. The van der Waals surface area contributed by atoms with Crippen molar-refractivity contribution in [3.05, 3.63) is 173 Å². The van der Waals surface area contributed by atoms with Gasteiger partial charge in [-0.3, -0.25) is 5.32 Å². The van der Waals surface area contributed by atoms with Crippen LogP contribution in [-0.2, 0) is 26.2 Å². The first-order valence-corrected chi connectivity index (χ1v) is 16.7. The number of rotatable bonds is 11. The number of nitrogens with zero attached hydrogens (tertiary/aromatic N) is 1. The van der Waals surface area contributed by atoms with Crippen molar-refractivity contribution in [2.75, 3.05) is 5.32 Å². The van der Waals surface area contributed by atoms with Gasteiger partial charge in [0.05, 0.1) is 0 Å². The lowest BCUT2D eigenvalue weighted by atomic mass is 9.93. The van der Waals surface area contributed by atoms with Gasteiger partial charge < -0.3 is 15.5 Å². The molecule has 6 heteroatoms. The van der Waals surface area contributed by atoms with Gasteiger partial charge in [-0.05, 0) is 45.2 Å². The van der Waals surface area contributed by atoms with E-state index in [1.165, 1.54) is 11.1 Å². The minimum absolute atomic E-state index is 0.238. The van der Waals surface area contributed by atoms with Crippen molar-refractivity contribution in [2.45, 2.75) is 65.7 Å².